The molecule has 2 aliphatic rings. The highest BCUT2D eigenvalue weighted by Gasteiger charge is 2.30. The molecule has 1 saturated carbocycles. The van der Waals surface area contributed by atoms with E-state index in [-0.39, 0.29) is 27.8 Å². The maximum absolute atomic E-state index is 13.2. The van der Waals surface area contributed by atoms with Crippen molar-refractivity contribution in [1.82, 2.24) is 14.2 Å². The lowest BCUT2D eigenvalue weighted by Gasteiger charge is -2.34. The first-order valence-corrected chi connectivity index (χ1v) is 12.6. The van der Waals surface area contributed by atoms with Gasteiger partial charge in [0.25, 0.3) is 5.91 Å². The van der Waals surface area contributed by atoms with Crippen LogP contribution in [-0.4, -0.2) is 42.3 Å². The van der Waals surface area contributed by atoms with Crippen LogP contribution in [0.2, 0.25) is 0 Å². The van der Waals surface area contributed by atoms with Crippen molar-refractivity contribution in [2.45, 2.75) is 56.9 Å². The average molecular weight is 446 g/mol. The lowest BCUT2D eigenvalue weighted by molar-refractivity contribution is 0.0889. The number of benzene rings is 1. The van der Waals surface area contributed by atoms with Gasteiger partial charge in [-0.1, -0.05) is 26.7 Å². The fourth-order valence-electron chi connectivity index (χ4n) is 4.90. The molecule has 0 bridgehead atoms. The van der Waals surface area contributed by atoms with Gasteiger partial charge in [0.15, 0.2) is 0 Å². The van der Waals surface area contributed by atoms with E-state index in [1.807, 2.05) is 0 Å². The fraction of sp³-hybridized carbons (Fsp3) is 0.565. The number of aromatic nitrogens is 1. The number of pyridine rings is 1. The molecule has 3 atom stereocenters. The van der Waals surface area contributed by atoms with Gasteiger partial charge in [0.2, 0.25) is 15.5 Å². The van der Waals surface area contributed by atoms with Crippen LogP contribution in [0.4, 0.5) is 0 Å². The van der Waals surface area contributed by atoms with E-state index >= 15 is 0 Å². The van der Waals surface area contributed by atoms with E-state index in [1.165, 1.54) is 10.4 Å². The van der Waals surface area contributed by atoms with E-state index in [9.17, 15) is 18.0 Å². The van der Waals surface area contributed by atoms with E-state index in [0.717, 1.165) is 32.1 Å². The van der Waals surface area contributed by atoms with Gasteiger partial charge in [0.05, 0.1) is 10.4 Å². The maximum Gasteiger partial charge on any atom is 0.256 e. The molecule has 1 aromatic heterocycles. The Balaban J connectivity index is 1.71. The van der Waals surface area contributed by atoms with Crippen molar-refractivity contribution in [1.29, 1.82) is 0 Å². The SMILES string of the molecule is C[C@H]1[C@H](C)CCC[C@@H]1NC(=O)c1cn(C)c2ccc(S(=O)(=O)N3CCCC3)cc2c1=O. The van der Waals surface area contributed by atoms with Crippen molar-refractivity contribution < 1.29 is 13.2 Å². The summed E-state index contributed by atoms with van der Waals surface area (Å²) in [6, 6.07) is 4.65. The zero-order valence-corrected chi connectivity index (χ0v) is 19.2. The summed E-state index contributed by atoms with van der Waals surface area (Å²) in [5, 5.41) is 3.31. The van der Waals surface area contributed by atoms with Crippen molar-refractivity contribution >= 4 is 26.8 Å². The summed E-state index contributed by atoms with van der Waals surface area (Å²) in [4.78, 5) is 26.4. The van der Waals surface area contributed by atoms with Crippen LogP contribution >= 0.6 is 0 Å². The molecule has 168 valence electrons. The highest BCUT2D eigenvalue weighted by Crippen LogP contribution is 2.29. The Labute approximate surface area is 183 Å². The Morgan fingerprint density at radius 3 is 2.52 bits per heavy atom. The molecule has 1 amide bonds. The van der Waals surface area contributed by atoms with Crippen molar-refractivity contribution in [3.05, 3.63) is 40.2 Å². The molecule has 1 saturated heterocycles. The van der Waals surface area contributed by atoms with Crippen molar-refractivity contribution in [2.24, 2.45) is 18.9 Å². The molecule has 2 aromatic rings. The second-order valence-electron chi connectivity index (χ2n) is 9.12. The number of nitrogens with one attached hydrogen (secondary N) is 1. The number of amides is 1. The molecule has 1 N–H and O–H groups in total. The molecular weight excluding hydrogens is 414 g/mol. The summed E-state index contributed by atoms with van der Waals surface area (Å²) in [6.45, 7) is 5.33. The van der Waals surface area contributed by atoms with Crippen molar-refractivity contribution in [3.63, 3.8) is 0 Å². The number of nitrogens with zero attached hydrogens (tertiary/aromatic N) is 2. The summed E-state index contributed by atoms with van der Waals surface area (Å²) >= 11 is 0. The van der Waals surface area contributed by atoms with Gasteiger partial charge in [-0.25, -0.2) is 8.42 Å². The van der Waals surface area contributed by atoms with Gasteiger partial charge < -0.3 is 9.88 Å². The van der Waals surface area contributed by atoms with Gasteiger partial charge in [0.1, 0.15) is 5.56 Å². The Morgan fingerprint density at radius 2 is 1.81 bits per heavy atom. The van der Waals surface area contributed by atoms with Gasteiger partial charge >= 0.3 is 0 Å². The van der Waals surface area contributed by atoms with Gasteiger partial charge in [-0.15, -0.1) is 0 Å². The van der Waals surface area contributed by atoms with E-state index in [2.05, 4.69) is 19.2 Å². The number of aryl methyl sites for hydroxylation is 1. The molecule has 7 nitrogen and oxygen atoms in total. The second-order valence-corrected chi connectivity index (χ2v) is 11.1. The number of carbonyl (C=O) groups is 1. The zero-order valence-electron chi connectivity index (χ0n) is 18.4. The topological polar surface area (TPSA) is 88.5 Å². The number of hydrogen-bond acceptors (Lipinski definition) is 4. The molecule has 0 unspecified atom stereocenters. The highest BCUT2D eigenvalue weighted by atomic mass is 32.2. The summed E-state index contributed by atoms with van der Waals surface area (Å²) in [7, 11) is -1.88. The number of rotatable bonds is 4. The van der Waals surface area contributed by atoms with Gasteiger partial charge in [-0.3, -0.25) is 9.59 Å². The molecule has 2 heterocycles. The maximum atomic E-state index is 13.2. The minimum Gasteiger partial charge on any atom is -0.350 e. The zero-order chi connectivity index (χ0) is 22.3. The lowest BCUT2D eigenvalue weighted by Crippen LogP contribution is -2.45. The van der Waals surface area contributed by atoms with E-state index in [4.69, 9.17) is 0 Å². The van der Waals surface area contributed by atoms with Crippen LogP contribution in [0.5, 0.6) is 0 Å². The number of hydrogen-bond donors (Lipinski definition) is 1. The fourth-order valence-corrected chi connectivity index (χ4v) is 6.45. The first-order chi connectivity index (χ1) is 14.7. The molecule has 0 spiro atoms. The third-order valence-corrected chi connectivity index (χ3v) is 9.03. The van der Waals surface area contributed by atoms with Gasteiger partial charge in [-0.05, 0) is 49.3 Å². The summed E-state index contributed by atoms with van der Waals surface area (Å²) < 4.78 is 29.1. The molecule has 2 fully saturated rings. The summed E-state index contributed by atoms with van der Waals surface area (Å²) in [5.41, 5.74) is 0.221. The van der Waals surface area contributed by atoms with Crippen molar-refractivity contribution in [2.75, 3.05) is 13.1 Å². The highest BCUT2D eigenvalue weighted by molar-refractivity contribution is 7.89. The van der Waals surface area contributed by atoms with E-state index in [0.29, 0.717) is 30.4 Å². The number of fused-ring (bicyclic) bond motifs is 1. The predicted molar refractivity (Wildman–Crippen MR) is 121 cm³/mol. The molecule has 8 heteroatoms. The van der Waals surface area contributed by atoms with Crippen LogP contribution < -0.4 is 10.7 Å². The lowest BCUT2D eigenvalue weighted by atomic mass is 9.78. The second kappa shape index (κ2) is 8.39. The smallest absolute Gasteiger partial charge is 0.256 e. The molecule has 31 heavy (non-hydrogen) atoms. The Morgan fingerprint density at radius 1 is 1.10 bits per heavy atom. The number of sulfonamides is 1. The molecule has 1 aliphatic carbocycles. The summed E-state index contributed by atoms with van der Waals surface area (Å²) in [5.74, 6) is 0.484. The first-order valence-electron chi connectivity index (χ1n) is 11.1. The Hall–Kier alpha value is -2.19. The average Bonchev–Trinajstić information content (AvgIpc) is 3.29. The van der Waals surface area contributed by atoms with E-state index in [1.54, 1.807) is 29.9 Å². The largest absolute Gasteiger partial charge is 0.350 e. The Kier molecular flexibility index (Phi) is 5.96. The minimum absolute atomic E-state index is 0.0403. The van der Waals surface area contributed by atoms with Crippen LogP contribution in [0.25, 0.3) is 10.9 Å². The quantitative estimate of drug-likeness (QED) is 0.784. The van der Waals surface area contributed by atoms with Crippen LogP contribution in [-0.2, 0) is 17.1 Å². The van der Waals surface area contributed by atoms with Crippen LogP contribution in [0.15, 0.2) is 34.1 Å². The van der Waals surface area contributed by atoms with Crippen LogP contribution in [0.1, 0.15) is 56.3 Å². The standard InChI is InChI=1S/C23H31N3O4S/c1-15-7-6-8-20(16(15)2)24-23(28)19-14-25(3)21-10-9-17(13-18(21)22(19)27)31(29,30)26-11-4-5-12-26/h9-10,13-16,20H,4-8,11-12H2,1-3H3,(H,24,28)/t15-,16+,20+/m1/s1. The van der Waals surface area contributed by atoms with Gasteiger partial charge in [-0.2, -0.15) is 4.31 Å². The van der Waals surface area contributed by atoms with Crippen LogP contribution in [0.3, 0.4) is 0 Å². The molecular formula is C23H31N3O4S. The van der Waals surface area contributed by atoms with E-state index < -0.39 is 15.5 Å². The van der Waals surface area contributed by atoms with Crippen LogP contribution in [0, 0.1) is 11.8 Å². The molecule has 0 radical (unpaired) electrons. The van der Waals surface area contributed by atoms with Crippen molar-refractivity contribution in [3.8, 4) is 0 Å². The first kappa shape index (κ1) is 22.0. The third kappa shape index (κ3) is 4.03. The minimum atomic E-state index is -3.64. The molecule has 1 aromatic carbocycles. The summed E-state index contributed by atoms with van der Waals surface area (Å²) in [6.07, 6.45) is 6.35. The van der Waals surface area contributed by atoms with Gasteiger partial charge in [0, 0.05) is 37.8 Å². The predicted octanol–water partition coefficient (Wildman–Crippen LogP) is 2.88. The normalized spacial score (nSPS) is 25.1. The molecule has 4 rings (SSSR count). The monoisotopic (exact) mass is 445 g/mol. The third-order valence-electron chi connectivity index (χ3n) is 7.13. The Bertz CT molecular complexity index is 1170. The molecule has 1 aliphatic heterocycles. The number of carbonyl (C=O) groups excluding carboxylic acids is 1.